The van der Waals surface area contributed by atoms with Crippen LogP contribution in [-0.4, -0.2) is 49.6 Å². The summed E-state index contributed by atoms with van der Waals surface area (Å²) in [5.41, 5.74) is 3.02. The molecule has 2 fully saturated rings. The van der Waals surface area contributed by atoms with E-state index in [0.29, 0.717) is 6.04 Å². The number of anilines is 2. The SMILES string of the molecule is CC(C)Oc1ccc(/C=C/C(=O)Nc2ccc(N3CC[C@H]4CN(C)C[C@H]43)cc2)cc1. The van der Waals surface area contributed by atoms with Gasteiger partial charge in [-0.2, -0.15) is 0 Å². The molecule has 2 aromatic carbocycles. The minimum absolute atomic E-state index is 0.135. The fourth-order valence-corrected chi connectivity index (χ4v) is 4.51. The van der Waals surface area contributed by atoms with Crippen LogP contribution in [0.15, 0.2) is 54.6 Å². The molecule has 0 bridgehead atoms. The van der Waals surface area contributed by atoms with Gasteiger partial charge in [-0.05, 0) is 81.3 Å². The normalized spacial score (nSPS) is 21.4. The number of nitrogens with one attached hydrogen (secondary N) is 1. The van der Waals surface area contributed by atoms with E-state index < -0.39 is 0 Å². The Balaban J connectivity index is 1.32. The Kier molecular flexibility index (Phi) is 6.09. The highest BCUT2D eigenvalue weighted by Crippen LogP contribution is 2.34. The molecule has 30 heavy (non-hydrogen) atoms. The molecular formula is C25H31N3O2. The summed E-state index contributed by atoms with van der Waals surface area (Å²) in [5.74, 6) is 1.48. The van der Waals surface area contributed by atoms with Crippen molar-refractivity contribution in [1.29, 1.82) is 0 Å². The van der Waals surface area contributed by atoms with Gasteiger partial charge >= 0.3 is 0 Å². The first-order valence-corrected chi connectivity index (χ1v) is 10.8. The van der Waals surface area contributed by atoms with Crippen molar-refractivity contribution in [2.24, 2.45) is 5.92 Å². The Hall–Kier alpha value is -2.79. The van der Waals surface area contributed by atoms with Crippen molar-refractivity contribution < 1.29 is 9.53 Å². The van der Waals surface area contributed by atoms with Crippen LogP contribution in [0.25, 0.3) is 6.08 Å². The van der Waals surface area contributed by atoms with E-state index in [1.807, 2.05) is 56.3 Å². The van der Waals surface area contributed by atoms with Crippen LogP contribution in [-0.2, 0) is 4.79 Å². The molecule has 5 nitrogen and oxygen atoms in total. The molecule has 1 amide bonds. The molecule has 158 valence electrons. The molecule has 2 aliphatic rings. The van der Waals surface area contributed by atoms with E-state index in [2.05, 4.69) is 34.3 Å². The smallest absolute Gasteiger partial charge is 0.248 e. The van der Waals surface area contributed by atoms with Gasteiger partial charge in [-0.15, -0.1) is 0 Å². The monoisotopic (exact) mass is 405 g/mol. The standard InChI is InChI=1S/C25H31N3O2/c1-18(2)30-23-11-4-19(5-12-23)6-13-25(29)26-21-7-9-22(10-8-21)28-15-14-20-16-27(3)17-24(20)28/h4-13,18,20,24H,14-17H2,1-3H3,(H,26,29)/b13-6+/t20-,24+/m0/s1. The minimum atomic E-state index is -0.135. The van der Waals surface area contributed by atoms with Crippen molar-refractivity contribution in [2.45, 2.75) is 32.4 Å². The Bertz CT molecular complexity index is 890. The van der Waals surface area contributed by atoms with Crippen LogP contribution in [0.2, 0.25) is 0 Å². The van der Waals surface area contributed by atoms with Crippen molar-refractivity contribution in [3.63, 3.8) is 0 Å². The molecule has 4 rings (SSSR count). The third-order valence-corrected chi connectivity index (χ3v) is 5.88. The number of carbonyl (C=O) groups is 1. The second kappa shape index (κ2) is 8.92. The fraction of sp³-hybridized carbons (Fsp3) is 0.400. The molecule has 0 radical (unpaired) electrons. The average molecular weight is 406 g/mol. The molecule has 2 aromatic rings. The van der Waals surface area contributed by atoms with Gasteiger partial charge in [-0.25, -0.2) is 0 Å². The van der Waals surface area contributed by atoms with E-state index in [9.17, 15) is 4.79 Å². The van der Waals surface area contributed by atoms with E-state index >= 15 is 0 Å². The van der Waals surface area contributed by atoms with Crippen LogP contribution in [0.4, 0.5) is 11.4 Å². The first kappa shape index (κ1) is 20.5. The first-order valence-electron chi connectivity index (χ1n) is 10.8. The molecule has 2 saturated heterocycles. The highest BCUT2D eigenvalue weighted by molar-refractivity contribution is 6.02. The van der Waals surface area contributed by atoms with Crippen LogP contribution >= 0.6 is 0 Å². The van der Waals surface area contributed by atoms with Gasteiger partial charge in [0.2, 0.25) is 5.91 Å². The third-order valence-electron chi connectivity index (χ3n) is 5.88. The molecule has 0 aliphatic carbocycles. The lowest BCUT2D eigenvalue weighted by molar-refractivity contribution is -0.111. The predicted molar refractivity (Wildman–Crippen MR) is 123 cm³/mol. The van der Waals surface area contributed by atoms with Crippen molar-refractivity contribution in [1.82, 2.24) is 4.90 Å². The van der Waals surface area contributed by atoms with Crippen LogP contribution in [0.1, 0.15) is 25.8 Å². The van der Waals surface area contributed by atoms with Crippen LogP contribution in [0.5, 0.6) is 5.75 Å². The zero-order valence-corrected chi connectivity index (χ0v) is 18.0. The molecule has 2 aliphatic heterocycles. The number of carbonyl (C=O) groups excluding carboxylic acids is 1. The van der Waals surface area contributed by atoms with E-state index in [1.54, 1.807) is 6.08 Å². The molecule has 1 N–H and O–H groups in total. The fourth-order valence-electron chi connectivity index (χ4n) is 4.51. The molecule has 5 heteroatoms. The number of benzene rings is 2. The molecule has 2 atom stereocenters. The summed E-state index contributed by atoms with van der Waals surface area (Å²) < 4.78 is 5.64. The number of likely N-dealkylation sites (tertiary alicyclic amines) is 1. The van der Waals surface area contributed by atoms with Gasteiger partial charge in [0, 0.05) is 43.1 Å². The lowest BCUT2D eigenvalue weighted by atomic mass is 10.0. The van der Waals surface area contributed by atoms with E-state index in [0.717, 1.165) is 36.0 Å². The third kappa shape index (κ3) is 4.85. The molecule has 0 unspecified atom stereocenters. The van der Waals surface area contributed by atoms with Gasteiger partial charge < -0.3 is 19.9 Å². The summed E-state index contributed by atoms with van der Waals surface area (Å²) in [4.78, 5) is 17.2. The lowest BCUT2D eigenvalue weighted by Gasteiger charge is -2.26. The lowest BCUT2D eigenvalue weighted by Crippen LogP contribution is -2.34. The van der Waals surface area contributed by atoms with E-state index in [4.69, 9.17) is 4.74 Å². The summed E-state index contributed by atoms with van der Waals surface area (Å²) >= 11 is 0. The maximum Gasteiger partial charge on any atom is 0.248 e. The van der Waals surface area contributed by atoms with Crippen molar-refractivity contribution in [2.75, 3.05) is 36.9 Å². The van der Waals surface area contributed by atoms with Crippen molar-refractivity contribution in [3.8, 4) is 5.75 Å². The number of amides is 1. The highest BCUT2D eigenvalue weighted by atomic mass is 16.5. The summed E-state index contributed by atoms with van der Waals surface area (Å²) in [7, 11) is 2.20. The van der Waals surface area contributed by atoms with Gasteiger partial charge in [0.25, 0.3) is 0 Å². The molecule has 2 heterocycles. The van der Waals surface area contributed by atoms with Crippen LogP contribution in [0.3, 0.4) is 0 Å². The van der Waals surface area contributed by atoms with Gasteiger partial charge in [0.1, 0.15) is 5.75 Å². The Labute approximate surface area is 179 Å². The topological polar surface area (TPSA) is 44.8 Å². The number of fused-ring (bicyclic) bond motifs is 1. The Morgan fingerprint density at radius 1 is 1.10 bits per heavy atom. The van der Waals surface area contributed by atoms with E-state index in [1.165, 1.54) is 18.7 Å². The Morgan fingerprint density at radius 2 is 1.83 bits per heavy atom. The van der Waals surface area contributed by atoms with E-state index in [-0.39, 0.29) is 12.0 Å². The molecular weight excluding hydrogens is 374 g/mol. The highest BCUT2D eigenvalue weighted by Gasteiger charge is 2.39. The summed E-state index contributed by atoms with van der Waals surface area (Å²) in [6.07, 6.45) is 4.79. The molecule has 0 saturated carbocycles. The number of hydrogen-bond donors (Lipinski definition) is 1. The summed E-state index contributed by atoms with van der Waals surface area (Å²) in [6.45, 7) is 7.46. The first-order chi connectivity index (χ1) is 14.5. The average Bonchev–Trinajstić information content (AvgIpc) is 3.27. The number of hydrogen-bond acceptors (Lipinski definition) is 4. The predicted octanol–water partition coefficient (Wildman–Crippen LogP) is 4.27. The van der Waals surface area contributed by atoms with Gasteiger partial charge in [-0.1, -0.05) is 12.1 Å². The molecule has 0 aromatic heterocycles. The van der Waals surface area contributed by atoms with Gasteiger partial charge in [0.15, 0.2) is 0 Å². The second-order valence-corrected chi connectivity index (χ2v) is 8.64. The second-order valence-electron chi connectivity index (χ2n) is 8.64. The minimum Gasteiger partial charge on any atom is -0.491 e. The Morgan fingerprint density at radius 3 is 2.53 bits per heavy atom. The number of ether oxygens (including phenoxy) is 1. The van der Waals surface area contributed by atoms with Crippen molar-refractivity contribution in [3.05, 3.63) is 60.2 Å². The largest absolute Gasteiger partial charge is 0.491 e. The van der Waals surface area contributed by atoms with Gasteiger partial charge in [-0.3, -0.25) is 4.79 Å². The van der Waals surface area contributed by atoms with Gasteiger partial charge in [0.05, 0.1) is 6.10 Å². The maximum absolute atomic E-state index is 12.3. The summed E-state index contributed by atoms with van der Waals surface area (Å²) in [5, 5.41) is 2.94. The maximum atomic E-state index is 12.3. The number of nitrogens with zero attached hydrogens (tertiary/aromatic N) is 2. The quantitative estimate of drug-likeness (QED) is 0.729. The van der Waals surface area contributed by atoms with Crippen molar-refractivity contribution >= 4 is 23.4 Å². The number of likely N-dealkylation sites (N-methyl/N-ethyl adjacent to an activating group) is 1. The molecule has 0 spiro atoms. The zero-order valence-electron chi connectivity index (χ0n) is 18.0. The zero-order chi connectivity index (χ0) is 21.1. The van der Waals surface area contributed by atoms with Crippen LogP contribution in [0, 0.1) is 5.92 Å². The van der Waals surface area contributed by atoms with Crippen LogP contribution < -0.4 is 15.0 Å². The number of rotatable bonds is 6. The summed E-state index contributed by atoms with van der Waals surface area (Å²) in [6, 6.07) is 16.6.